The Morgan fingerprint density at radius 1 is 1.20 bits per heavy atom. The lowest BCUT2D eigenvalue weighted by Gasteiger charge is -2.32. The molecule has 1 aromatic carbocycles. The molecule has 0 fully saturated rings. The molecule has 20 heavy (non-hydrogen) atoms. The fraction of sp³-hybridized carbons (Fsp3) is 0.412. The average Bonchev–Trinajstić information content (AvgIpc) is 2.93. The smallest absolute Gasteiger partial charge is 0.122 e. The minimum atomic E-state index is 0.0186. The van der Waals surface area contributed by atoms with E-state index in [0.29, 0.717) is 0 Å². The van der Waals surface area contributed by atoms with Crippen molar-refractivity contribution in [3.63, 3.8) is 0 Å². The van der Waals surface area contributed by atoms with Gasteiger partial charge in [0, 0.05) is 12.6 Å². The summed E-state index contributed by atoms with van der Waals surface area (Å²) in [7, 11) is 0. The summed E-state index contributed by atoms with van der Waals surface area (Å²) < 4.78 is 5.59. The molecule has 0 aliphatic rings. The van der Waals surface area contributed by atoms with Gasteiger partial charge in [0.2, 0.25) is 0 Å². The summed E-state index contributed by atoms with van der Waals surface area (Å²) in [5.41, 5.74) is 8.85. The molecule has 2 rings (SSSR count). The van der Waals surface area contributed by atoms with Crippen LogP contribution in [0.3, 0.4) is 0 Å². The van der Waals surface area contributed by atoms with Gasteiger partial charge in [0.25, 0.3) is 0 Å². The molecule has 0 bridgehead atoms. The van der Waals surface area contributed by atoms with Crippen LogP contribution in [0.1, 0.15) is 36.8 Å². The van der Waals surface area contributed by atoms with Gasteiger partial charge in [-0.1, -0.05) is 31.2 Å². The van der Waals surface area contributed by atoms with Crippen molar-refractivity contribution in [2.45, 2.75) is 39.4 Å². The van der Waals surface area contributed by atoms with Gasteiger partial charge in [-0.2, -0.15) is 0 Å². The van der Waals surface area contributed by atoms with E-state index in [-0.39, 0.29) is 12.1 Å². The maximum atomic E-state index is 6.19. The van der Waals surface area contributed by atoms with Crippen molar-refractivity contribution in [3.8, 4) is 0 Å². The number of aryl methyl sites for hydroxylation is 1. The maximum Gasteiger partial charge on any atom is 0.122 e. The molecule has 0 saturated carbocycles. The van der Waals surface area contributed by atoms with Crippen molar-refractivity contribution in [1.29, 1.82) is 0 Å². The Morgan fingerprint density at radius 3 is 2.50 bits per heavy atom. The zero-order chi connectivity index (χ0) is 14.5. The highest BCUT2D eigenvalue weighted by Crippen LogP contribution is 2.26. The molecule has 0 spiro atoms. The number of benzene rings is 1. The first kappa shape index (κ1) is 14.8. The van der Waals surface area contributed by atoms with Crippen LogP contribution in [0.25, 0.3) is 0 Å². The Morgan fingerprint density at radius 2 is 1.95 bits per heavy atom. The van der Waals surface area contributed by atoms with Crippen molar-refractivity contribution >= 4 is 0 Å². The molecule has 0 amide bonds. The van der Waals surface area contributed by atoms with Crippen LogP contribution in [0, 0.1) is 6.92 Å². The third-order valence-electron chi connectivity index (χ3n) is 3.77. The molecule has 2 atom stereocenters. The Hall–Kier alpha value is -1.58. The number of rotatable bonds is 6. The molecule has 108 valence electrons. The van der Waals surface area contributed by atoms with Crippen LogP contribution in [-0.4, -0.2) is 17.5 Å². The third kappa shape index (κ3) is 3.30. The summed E-state index contributed by atoms with van der Waals surface area (Å²) in [6.07, 6.45) is 1.71. The summed E-state index contributed by atoms with van der Waals surface area (Å²) >= 11 is 0. The number of hydrogen-bond acceptors (Lipinski definition) is 3. The third-order valence-corrected chi connectivity index (χ3v) is 3.77. The number of likely N-dealkylation sites (N-methyl/N-ethyl adjacent to an activating group) is 1. The first-order valence-electron chi connectivity index (χ1n) is 7.21. The molecule has 2 N–H and O–H groups in total. The molecule has 1 aromatic heterocycles. The van der Waals surface area contributed by atoms with Crippen molar-refractivity contribution in [2.75, 3.05) is 6.54 Å². The van der Waals surface area contributed by atoms with Crippen molar-refractivity contribution < 1.29 is 4.42 Å². The van der Waals surface area contributed by atoms with E-state index in [4.69, 9.17) is 10.2 Å². The predicted octanol–water partition coefficient (Wildman–Crippen LogP) is 3.50. The second-order valence-corrected chi connectivity index (χ2v) is 5.31. The van der Waals surface area contributed by atoms with Gasteiger partial charge in [-0.3, -0.25) is 4.90 Å². The van der Waals surface area contributed by atoms with E-state index in [1.807, 2.05) is 19.1 Å². The van der Waals surface area contributed by atoms with Crippen LogP contribution in [0.5, 0.6) is 0 Å². The molecule has 1 heterocycles. The van der Waals surface area contributed by atoms with E-state index in [0.717, 1.165) is 18.8 Å². The van der Waals surface area contributed by atoms with Gasteiger partial charge in [-0.15, -0.1) is 0 Å². The number of hydrogen-bond donors (Lipinski definition) is 1. The molecule has 0 aliphatic heterocycles. The SMILES string of the molecule is CCN(Cc1ccccc1C)C(c1ccco1)C(C)N. The van der Waals surface area contributed by atoms with Gasteiger partial charge in [-0.25, -0.2) is 0 Å². The summed E-state index contributed by atoms with van der Waals surface area (Å²) in [6.45, 7) is 8.17. The van der Waals surface area contributed by atoms with Crippen LogP contribution in [0.4, 0.5) is 0 Å². The van der Waals surface area contributed by atoms with Gasteiger partial charge < -0.3 is 10.2 Å². The number of nitrogens with two attached hydrogens (primary N) is 1. The van der Waals surface area contributed by atoms with Crippen LogP contribution in [0.2, 0.25) is 0 Å². The lowest BCUT2D eigenvalue weighted by molar-refractivity contribution is 0.154. The van der Waals surface area contributed by atoms with Gasteiger partial charge in [0.15, 0.2) is 0 Å². The Bertz CT molecular complexity index is 520. The Labute approximate surface area is 121 Å². The summed E-state index contributed by atoms with van der Waals surface area (Å²) in [5, 5.41) is 0. The lowest BCUT2D eigenvalue weighted by atomic mass is 10.0. The first-order valence-corrected chi connectivity index (χ1v) is 7.21. The normalized spacial score (nSPS) is 14.4. The molecule has 2 aromatic rings. The van der Waals surface area contributed by atoms with Crippen molar-refractivity contribution in [2.24, 2.45) is 5.73 Å². The van der Waals surface area contributed by atoms with Crippen molar-refractivity contribution in [3.05, 3.63) is 59.5 Å². The minimum absolute atomic E-state index is 0.0186. The quantitative estimate of drug-likeness (QED) is 0.875. The highest BCUT2D eigenvalue weighted by Gasteiger charge is 2.25. The summed E-state index contributed by atoms with van der Waals surface area (Å²) in [6, 6.07) is 12.5. The van der Waals surface area contributed by atoms with Crippen LogP contribution in [0.15, 0.2) is 47.1 Å². The van der Waals surface area contributed by atoms with E-state index in [2.05, 4.69) is 43.0 Å². The first-order chi connectivity index (χ1) is 9.63. The van der Waals surface area contributed by atoms with E-state index >= 15 is 0 Å². The highest BCUT2D eigenvalue weighted by molar-refractivity contribution is 5.25. The minimum Gasteiger partial charge on any atom is -0.468 e. The van der Waals surface area contributed by atoms with E-state index in [1.54, 1.807) is 6.26 Å². The Balaban J connectivity index is 2.24. The van der Waals surface area contributed by atoms with E-state index in [1.165, 1.54) is 11.1 Å². The number of furan rings is 1. The standard InChI is InChI=1S/C17H24N2O/c1-4-19(12-15-9-6-5-8-13(15)2)17(14(3)18)16-10-7-11-20-16/h5-11,14,17H,4,12,18H2,1-3H3. The lowest BCUT2D eigenvalue weighted by Crippen LogP contribution is -2.39. The van der Waals surface area contributed by atoms with Crippen LogP contribution in [-0.2, 0) is 6.54 Å². The zero-order valence-corrected chi connectivity index (χ0v) is 12.5. The second-order valence-electron chi connectivity index (χ2n) is 5.31. The van der Waals surface area contributed by atoms with Gasteiger partial charge >= 0.3 is 0 Å². The molecule has 0 saturated heterocycles. The topological polar surface area (TPSA) is 42.4 Å². The van der Waals surface area contributed by atoms with E-state index < -0.39 is 0 Å². The highest BCUT2D eigenvalue weighted by atomic mass is 16.3. The van der Waals surface area contributed by atoms with Crippen LogP contribution < -0.4 is 5.73 Å². The zero-order valence-electron chi connectivity index (χ0n) is 12.5. The average molecular weight is 272 g/mol. The van der Waals surface area contributed by atoms with Gasteiger partial charge in [0.1, 0.15) is 5.76 Å². The molecule has 3 heteroatoms. The molecular weight excluding hydrogens is 248 g/mol. The van der Waals surface area contributed by atoms with E-state index in [9.17, 15) is 0 Å². The van der Waals surface area contributed by atoms with Crippen LogP contribution >= 0.6 is 0 Å². The van der Waals surface area contributed by atoms with Gasteiger partial charge in [-0.05, 0) is 43.7 Å². The van der Waals surface area contributed by atoms with Gasteiger partial charge in [0.05, 0.1) is 12.3 Å². The fourth-order valence-electron chi connectivity index (χ4n) is 2.64. The molecule has 0 aliphatic carbocycles. The fourth-order valence-corrected chi connectivity index (χ4v) is 2.64. The molecule has 3 nitrogen and oxygen atoms in total. The summed E-state index contributed by atoms with van der Waals surface area (Å²) in [4.78, 5) is 2.37. The Kier molecular flexibility index (Phi) is 4.99. The molecule has 2 unspecified atom stereocenters. The maximum absolute atomic E-state index is 6.19. The molecule has 0 radical (unpaired) electrons. The van der Waals surface area contributed by atoms with Crippen molar-refractivity contribution in [1.82, 2.24) is 4.90 Å². The second kappa shape index (κ2) is 6.73. The monoisotopic (exact) mass is 272 g/mol. The molecular formula is C17H24N2O. The number of nitrogens with zero attached hydrogens (tertiary/aromatic N) is 1. The summed E-state index contributed by atoms with van der Waals surface area (Å²) in [5.74, 6) is 0.940. The predicted molar refractivity (Wildman–Crippen MR) is 82.4 cm³/mol. The largest absolute Gasteiger partial charge is 0.468 e.